The number of benzene rings is 2. The number of fused-ring (bicyclic) bond motifs is 1. The summed E-state index contributed by atoms with van der Waals surface area (Å²) in [4.78, 5) is 25.7. The molecule has 1 saturated heterocycles. The second kappa shape index (κ2) is 7.17. The highest BCUT2D eigenvalue weighted by Gasteiger charge is 2.35. The molecule has 29 heavy (non-hydrogen) atoms. The molecule has 0 radical (unpaired) electrons. The molecule has 0 spiro atoms. The Morgan fingerprint density at radius 3 is 2.62 bits per heavy atom. The van der Waals surface area contributed by atoms with Gasteiger partial charge in [-0.25, -0.2) is 4.39 Å². The highest BCUT2D eigenvalue weighted by molar-refractivity contribution is 5.99. The molecule has 3 N–H and O–H groups in total. The molecular weight excluding hydrogens is 369 g/mol. The molecule has 4 rings (SSSR count). The Morgan fingerprint density at radius 1 is 1.24 bits per heavy atom. The molecule has 2 aromatic carbocycles. The first-order chi connectivity index (χ1) is 13.8. The first-order valence-corrected chi connectivity index (χ1v) is 10.0. The minimum absolute atomic E-state index is 0.0649. The average Bonchev–Trinajstić information content (AvgIpc) is 3.21. The van der Waals surface area contributed by atoms with Gasteiger partial charge in [0.25, 0.3) is 5.91 Å². The number of aldehydes is 1. The number of nitrogens with zero attached hydrogens (tertiary/aromatic N) is 1. The van der Waals surface area contributed by atoms with Crippen LogP contribution in [0.2, 0.25) is 0 Å². The summed E-state index contributed by atoms with van der Waals surface area (Å²) in [5, 5.41) is 3.45. The van der Waals surface area contributed by atoms with E-state index >= 15 is 0 Å². The van der Waals surface area contributed by atoms with Gasteiger partial charge in [0.2, 0.25) is 0 Å². The molecular formula is C23H26FN3O2. The van der Waals surface area contributed by atoms with E-state index in [1.807, 2.05) is 12.1 Å². The number of carbonyl (C=O) groups excluding carboxylic acids is 2. The summed E-state index contributed by atoms with van der Waals surface area (Å²) in [6.45, 7) is 5.94. The van der Waals surface area contributed by atoms with E-state index in [1.165, 1.54) is 12.1 Å². The fourth-order valence-corrected chi connectivity index (χ4v) is 4.66. The number of halogens is 1. The van der Waals surface area contributed by atoms with Crippen LogP contribution < -0.4 is 16.0 Å². The number of anilines is 2. The van der Waals surface area contributed by atoms with Gasteiger partial charge in [-0.3, -0.25) is 9.59 Å². The fourth-order valence-electron chi connectivity index (χ4n) is 4.66. The number of nitrogens with one attached hydrogen (secondary N) is 1. The maximum Gasteiger partial charge on any atom is 0.250 e. The SMILES string of the molecule is CC1(C)CC(c2ccc(C(N)=O)c(N3CCCC3)c2)Nc2c(C=O)cc(F)cc21. The molecule has 0 aromatic heterocycles. The van der Waals surface area contributed by atoms with E-state index < -0.39 is 11.7 Å². The molecule has 0 bridgehead atoms. The van der Waals surface area contributed by atoms with Gasteiger partial charge in [0.05, 0.1) is 11.6 Å². The molecule has 1 fully saturated rings. The number of nitrogens with two attached hydrogens (primary N) is 1. The van der Waals surface area contributed by atoms with Gasteiger partial charge in [-0.05, 0) is 60.1 Å². The van der Waals surface area contributed by atoms with E-state index in [1.54, 1.807) is 6.07 Å². The largest absolute Gasteiger partial charge is 0.377 e. The second-order valence-electron chi connectivity index (χ2n) is 8.66. The molecule has 1 amide bonds. The van der Waals surface area contributed by atoms with E-state index in [9.17, 15) is 14.0 Å². The number of carbonyl (C=O) groups is 2. The third-order valence-corrected chi connectivity index (χ3v) is 6.16. The molecule has 1 unspecified atom stereocenters. The van der Waals surface area contributed by atoms with Crippen molar-refractivity contribution in [1.29, 1.82) is 0 Å². The Kier molecular flexibility index (Phi) is 4.81. The summed E-state index contributed by atoms with van der Waals surface area (Å²) in [5.74, 6) is -0.833. The first-order valence-electron chi connectivity index (χ1n) is 10.0. The quantitative estimate of drug-likeness (QED) is 0.762. The molecule has 2 aliphatic heterocycles. The standard InChI is InChI=1S/C23H26FN3O2/c1-23(2)12-19(26-21-15(13-28)9-16(24)11-18(21)23)14-5-6-17(22(25)29)20(10-14)27-7-3-4-8-27/h5-6,9-11,13,19,26H,3-4,7-8,12H2,1-2H3,(H2,25,29). The van der Waals surface area contributed by atoms with Gasteiger partial charge in [0, 0.05) is 30.0 Å². The lowest BCUT2D eigenvalue weighted by molar-refractivity contribution is 0.1000. The third kappa shape index (κ3) is 3.48. The smallest absolute Gasteiger partial charge is 0.250 e. The number of rotatable bonds is 4. The summed E-state index contributed by atoms with van der Waals surface area (Å²) >= 11 is 0. The predicted molar refractivity (Wildman–Crippen MR) is 112 cm³/mol. The lowest BCUT2D eigenvalue weighted by Crippen LogP contribution is -2.32. The molecule has 152 valence electrons. The molecule has 2 aromatic rings. The van der Waals surface area contributed by atoms with Gasteiger partial charge >= 0.3 is 0 Å². The van der Waals surface area contributed by atoms with Crippen molar-refractivity contribution in [2.45, 2.75) is 44.6 Å². The van der Waals surface area contributed by atoms with Crippen LogP contribution in [0, 0.1) is 5.82 Å². The van der Waals surface area contributed by atoms with E-state index in [-0.39, 0.29) is 11.5 Å². The number of amides is 1. The van der Waals surface area contributed by atoms with Gasteiger partial charge < -0.3 is 16.0 Å². The van der Waals surface area contributed by atoms with Crippen molar-refractivity contribution in [3.63, 3.8) is 0 Å². The van der Waals surface area contributed by atoms with Crippen LogP contribution in [-0.4, -0.2) is 25.3 Å². The fraction of sp³-hybridized carbons (Fsp3) is 0.391. The van der Waals surface area contributed by atoms with E-state index in [0.717, 1.165) is 49.2 Å². The van der Waals surface area contributed by atoms with Gasteiger partial charge in [0.15, 0.2) is 6.29 Å². The maximum atomic E-state index is 14.0. The number of hydrogen-bond donors (Lipinski definition) is 2. The molecule has 1 atom stereocenters. The summed E-state index contributed by atoms with van der Waals surface area (Å²) in [7, 11) is 0. The minimum atomic E-state index is -0.431. The Hall–Kier alpha value is -2.89. The zero-order valence-electron chi connectivity index (χ0n) is 16.8. The van der Waals surface area contributed by atoms with Crippen LogP contribution in [0.25, 0.3) is 0 Å². The Labute approximate surface area is 170 Å². The average molecular weight is 395 g/mol. The molecule has 0 saturated carbocycles. The van der Waals surface area contributed by atoms with Crippen molar-refractivity contribution >= 4 is 23.6 Å². The maximum absolute atomic E-state index is 14.0. The van der Waals surface area contributed by atoms with Crippen molar-refractivity contribution in [2.24, 2.45) is 5.73 Å². The molecule has 2 heterocycles. The summed E-state index contributed by atoms with van der Waals surface area (Å²) in [6, 6.07) is 8.46. The lowest BCUT2D eigenvalue weighted by Gasteiger charge is -2.40. The lowest BCUT2D eigenvalue weighted by atomic mass is 9.73. The van der Waals surface area contributed by atoms with E-state index in [0.29, 0.717) is 23.1 Å². The number of primary amides is 1. The van der Waals surface area contributed by atoms with E-state index in [4.69, 9.17) is 5.73 Å². The molecule has 0 aliphatic carbocycles. The zero-order chi connectivity index (χ0) is 20.8. The van der Waals surface area contributed by atoms with Gasteiger partial charge in [-0.2, -0.15) is 0 Å². The van der Waals surface area contributed by atoms with Crippen molar-refractivity contribution < 1.29 is 14.0 Å². The summed E-state index contributed by atoms with van der Waals surface area (Å²) in [6.07, 6.45) is 3.62. The van der Waals surface area contributed by atoms with Gasteiger partial charge in [0.1, 0.15) is 5.82 Å². The molecule has 2 aliphatic rings. The van der Waals surface area contributed by atoms with Crippen molar-refractivity contribution in [1.82, 2.24) is 0 Å². The first kappa shape index (κ1) is 19.4. The summed E-state index contributed by atoms with van der Waals surface area (Å²) < 4.78 is 14.0. The topological polar surface area (TPSA) is 75.4 Å². The van der Waals surface area contributed by atoms with Crippen LogP contribution in [0.15, 0.2) is 30.3 Å². The van der Waals surface area contributed by atoms with Crippen molar-refractivity contribution in [3.05, 3.63) is 58.4 Å². The van der Waals surface area contributed by atoms with Crippen LogP contribution in [0.4, 0.5) is 15.8 Å². The van der Waals surface area contributed by atoms with E-state index in [2.05, 4.69) is 24.1 Å². The van der Waals surface area contributed by atoms with Gasteiger partial charge in [-0.1, -0.05) is 19.9 Å². The Morgan fingerprint density at radius 2 is 1.97 bits per heavy atom. The molecule has 6 heteroatoms. The number of hydrogen-bond acceptors (Lipinski definition) is 4. The minimum Gasteiger partial charge on any atom is -0.377 e. The highest BCUT2D eigenvalue weighted by atomic mass is 19.1. The highest BCUT2D eigenvalue weighted by Crippen LogP contribution is 2.46. The van der Waals surface area contributed by atoms with Crippen LogP contribution in [-0.2, 0) is 5.41 Å². The van der Waals surface area contributed by atoms with Crippen molar-refractivity contribution in [2.75, 3.05) is 23.3 Å². The van der Waals surface area contributed by atoms with Crippen LogP contribution in [0.5, 0.6) is 0 Å². The van der Waals surface area contributed by atoms with Crippen LogP contribution in [0.1, 0.15) is 71.0 Å². The second-order valence-corrected chi connectivity index (χ2v) is 8.66. The zero-order valence-corrected chi connectivity index (χ0v) is 16.8. The van der Waals surface area contributed by atoms with Crippen LogP contribution in [0.3, 0.4) is 0 Å². The predicted octanol–water partition coefficient (Wildman–Crippen LogP) is 4.17. The molecule has 5 nitrogen and oxygen atoms in total. The van der Waals surface area contributed by atoms with Crippen molar-refractivity contribution in [3.8, 4) is 0 Å². The van der Waals surface area contributed by atoms with Crippen LogP contribution >= 0.6 is 0 Å². The Balaban J connectivity index is 1.77. The Bertz CT molecular complexity index is 980. The normalized spacial score (nSPS) is 20.1. The third-order valence-electron chi connectivity index (χ3n) is 6.16. The van der Waals surface area contributed by atoms with Gasteiger partial charge in [-0.15, -0.1) is 0 Å². The monoisotopic (exact) mass is 395 g/mol. The summed E-state index contributed by atoms with van der Waals surface area (Å²) in [5.41, 5.74) is 9.54.